The van der Waals surface area contributed by atoms with Crippen LogP contribution in [0.2, 0.25) is 0 Å². The Balaban J connectivity index is 1.28. The maximum atomic E-state index is 9.10. The monoisotopic (exact) mass is 928 g/mol. The van der Waals surface area contributed by atoms with E-state index in [1.54, 1.807) is 4.90 Å². The average Bonchev–Trinajstić information content (AvgIpc) is 3.80. The van der Waals surface area contributed by atoms with Gasteiger partial charge in [-0.2, -0.15) is 0 Å². The zero-order chi connectivity index (χ0) is 41.2. The van der Waals surface area contributed by atoms with E-state index in [0.717, 1.165) is 75.6 Å². The molecule has 0 N–H and O–H groups in total. The first kappa shape index (κ1) is 31.5. The molecule has 0 fully saturated rings. The van der Waals surface area contributed by atoms with Gasteiger partial charge in [0.15, 0.2) is 0 Å². The predicted molar refractivity (Wildman–Crippen MR) is 244 cm³/mol. The molecule has 0 aromatic heterocycles. The van der Waals surface area contributed by atoms with Crippen molar-refractivity contribution in [3.63, 3.8) is 0 Å². The minimum absolute atomic E-state index is 0.213. The molecule has 0 amide bonds. The van der Waals surface area contributed by atoms with Gasteiger partial charge < -0.3 is 0 Å². The molecule has 58 heavy (non-hydrogen) atoms. The summed E-state index contributed by atoms with van der Waals surface area (Å²) in [6, 6.07) is 71.1. The molecule has 6 heteroatoms. The summed E-state index contributed by atoms with van der Waals surface area (Å²) in [4.78, 5) is 8.61. The van der Waals surface area contributed by atoms with Gasteiger partial charge in [0.05, 0.1) is 0 Å². The second kappa shape index (κ2) is 14.1. The van der Waals surface area contributed by atoms with Gasteiger partial charge in [-0.3, -0.25) is 0 Å². The summed E-state index contributed by atoms with van der Waals surface area (Å²) in [5.74, 6) is 0. The molecule has 0 saturated heterocycles. The number of hydrogen-bond donors (Lipinski definition) is 0. The Hall–Kier alpha value is -6.55. The molecular formula is C52H39BN4Pt. The number of nitrogens with zero attached hydrogens (tertiary/aromatic N) is 4. The Labute approximate surface area is 352 Å². The van der Waals surface area contributed by atoms with Crippen molar-refractivity contribution in [1.29, 1.82) is 0 Å². The van der Waals surface area contributed by atoms with Crippen molar-refractivity contribution in [3.05, 3.63) is 206 Å². The van der Waals surface area contributed by atoms with E-state index in [-0.39, 0.29) is 6.71 Å². The topological polar surface area (TPSA) is 13.0 Å². The second-order valence-electron chi connectivity index (χ2n) is 14.8. The van der Waals surface area contributed by atoms with Crippen LogP contribution in [0.25, 0.3) is 22.3 Å². The summed E-state index contributed by atoms with van der Waals surface area (Å²) in [7, 11) is 0. The molecule has 4 bridgehead atoms. The molecule has 3 heterocycles. The maximum absolute atomic E-state index is 9.10. The van der Waals surface area contributed by atoms with Crippen LogP contribution in [-0.4, -0.2) is 22.0 Å². The van der Waals surface area contributed by atoms with Crippen molar-refractivity contribution in [3.8, 4) is 22.3 Å². The van der Waals surface area contributed by atoms with Gasteiger partial charge in [0.25, 0.3) is 0 Å². The van der Waals surface area contributed by atoms with Gasteiger partial charge in [-0.15, -0.1) is 0 Å². The SMILES string of the molecule is [2H]C([2H])([2H])N1[C]2=[Pt]=[C]3N(c4ccc(C)cc4)c4ccccc4N3c3cccc(c3)B(c3c(-c4ccccc4)cccc3-c3ccccc3)c3cccc(c3)N2c2ccccc21. The van der Waals surface area contributed by atoms with E-state index in [9.17, 15) is 0 Å². The van der Waals surface area contributed by atoms with E-state index in [1.165, 1.54) is 11.0 Å². The summed E-state index contributed by atoms with van der Waals surface area (Å²) in [6.07, 6.45) is 0. The summed E-state index contributed by atoms with van der Waals surface area (Å²) in [5.41, 5.74) is 15.9. The van der Waals surface area contributed by atoms with Gasteiger partial charge in [-0.25, -0.2) is 0 Å². The quantitative estimate of drug-likeness (QED) is 0.163. The second-order valence-corrected chi connectivity index (χ2v) is 17.4. The fourth-order valence-electron chi connectivity index (χ4n) is 8.69. The molecule has 0 aliphatic carbocycles. The summed E-state index contributed by atoms with van der Waals surface area (Å²) in [5, 5.41) is 0. The van der Waals surface area contributed by atoms with E-state index in [4.69, 9.17) is 4.11 Å². The van der Waals surface area contributed by atoms with E-state index in [1.807, 2.05) is 18.2 Å². The number of benzene rings is 8. The fraction of sp³-hybridized carbons (Fsp3) is 0.0385. The van der Waals surface area contributed by atoms with Crippen LogP contribution >= 0.6 is 0 Å². The van der Waals surface area contributed by atoms with Crippen LogP contribution in [-0.2, 0) is 17.6 Å². The average molecular weight is 929 g/mol. The van der Waals surface area contributed by atoms with E-state index in [0.29, 0.717) is 5.69 Å². The predicted octanol–water partition coefficient (Wildman–Crippen LogP) is 9.99. The van der Waals surface area contributed by atoms with Crippen molar-refractivity contribution < 1.29 is 21.8 Å². The van der Waals surface area contributed by atoms with Gasteiger partial charge in [0.2, 0.25) is 0 Å². The molecule has 0 atom stereocenters. The fourth-order valence-corrected chi connectivity index (χ4v) is 12.1. The van der Waals surface area contributed by atoms with Gasteiger partial charge in [0, 0.05) is 0 Å². The standard InChI is InChI=1S/C52H39BN4.Pt/c1-38-30-32-43(33-31-38)56-37-57(51-29-12-11-28-50(51)56)45-23-14-21-42(35-45)53(41-20-13-22-44(34-41)55-36-54(2)48-26-9-10-27-49(48)55)52-46(39-16-5-3-6-17-39)24-15-25-47(52)40-18-7-4-8-19-40;/h3-35H,1-2H3;/i2D3;. The van der Waals surface area contributed by atoms with Gasteiger partial charge in [-0.05, 0) is 0 Å². The van der Waals surface area contributed by atoms with Gasteiger partial charge in [0.1, 0.15) is 0 Å². The third-order valence-electron chi connectivity index (χ3n) is 11.3. The van der Waals surface area contributed by atoms with Crippen LogP contribution in [0.4, 0.5) is 39.8 Å². The number of aryl methyl sites for hydroxylation is 1. The Morgan fingerprint density at radius 2 is 0.897 bits per heavy atom. The first-order valence-electron chi connectivity index (χ1n) is 21.0. The zero-order valence-electron chi connectivity index (χ0n) is 34.7. The van der Waals surface area contributed by atoms with E-state index < -0.39 is 24.6 Å². The molecule has 8 aromatic carbocycles. The summed E-state index contributed by atoms with van der Waals surface area (Å²) < 4.78 is 29.1. The van der Waals surface area contributed by atoms with Crippen LogP contribution in [0.1, 0.15) is 9.68 Å². The van der Waals surface area contributed by atoms with Gasteiger partial charge in [-0.1, -0.05) is 0 Å². The van der Waals surface area contributed by atoms with Crippen LogP contribution in [0.5, 0.6) is 0 Å². The summed E-state index contributed by atoms with van der Waals surface area (Å²) >= 11 is -1.25. The van der Waals surface area contributed by atoms with Crippen LogP contribution in [0.15, 0.2) is 200 Å². The number of hydrogen-bond acceptors (Lipinski definition) is 4. The molecule has 3 aliphatic rings. The van der Waals surface area contributed by atoms with Crippen molar-refractivity contribution in [2.45, 2.75) is 6.92 Å². The van der Waals surface area contributed by atoms with Crippen LogP contribution < -0.4 is 36.0 Å². The van der Waals surface area contributed by atoms with Crippen molar-refractivity contribution in [1.82, 2.24) is 0 Å². The molecule has 3 aliphatic heterocycles. The normalized spacial score (nSPS) is 15.2. The Morgan fingerprint density at radius 3 is 1.45 bits per heavy atom. The van der Waals surface area contributed by atoms with E-state index in [2.05, 4.69) is 204 Å². The molecule has 0 spiro atoms. The zero-order valence-corrected chi connectivity index (χ0v) is 34.0. The molecular weight excluding hydrogens is 886 g/mol. The third-order valence-corrected chi connectivity index (χ3v) is 14.4. The Kier molecular flexibility index (Phi) is 7.68. The van der Waals surface area contributed by atoms with Crippen LogP contribution in [0.3, 0.4) is 0 Å². The molecule has 0 unspecified atom stereocenters. The Bertz CT molecular complexity index is 3000. The van der Waals surface area contributed by atoms with Crippen molar-refractivity contribution >= 4 is 71.2 Å². The van der Waals surface area contributed by atoms with E-state index >= 15 is 0 Å². The third kappa shape index (κ3) is 5.64. The number of anilines is 7. The molecule has 0 saturated carbocycles. The Morgan fingerprint density at radius 1 is 0.431 bits per heavy atom. The molecule has 280 valence electrons. The number of rotatable bonds is 4. The minimum atomic E-state index is -2.44. The molecule has 0 radical (unpaired) electrons. The first-order chi connectivity index (χ1) is 29.8. The summed E-state index contributed by atoms with van der Waals surface area (Å²) in [6.45, 7) is -0.547. The molecule has 8 aromatic rings. The number of fused-ring (bicyclic) bond motifs is 12. The molecule has 11 rings (SSSR count). The van der Waals surface area contributed by atoms with Gasteiger partial charge >= 0.3 is 354 Å². The van der Waals surface area contributed by atoms with Crippen molar-refractivity contribution in [2.24, 2.45) is 0 Å². The first-order valence-corrected chi connectivity index (χ1v) is 21.8. The van der Waals surface area contributed by atoms with Crippen molar-refractivity contribution in [2.75, 3.05) is 26.6 Å². The van der Waals surface area contributed by atoms with Crippen LogP contribution in [0, 0.1) is 6.92 Å². The molecule has 4 nitrogen and oxygen atoms in total. The number of para-hydroxylation sites is 4.